The number of carbonyl (C=O) groups is 1. The van der Waals surface area contributed by atoms with Crippen LogP contribution in [0, 0.1) is 0 Å². The molecule has 3 heterocycles. The lowest BCUT2D eigenvalue weighted by molar-refractivity contribution is 0.0645. The number of amides is 1. The first-order valence-corrected chi connectivity index (χ1v) is 10.9. The summed E-state index contributed by atoms with van der Waals surface area (Å²) in [6.45, 7) is 3.89. The summed E-state index contributed by atoms with van der Waals surface area (Å²) in [6.07, 6.45) is 0. The average molecular weight is 386 g/mol. The molecule has 9 heteroatoms. The van der Waals surface area contributed by atoms with Crippen molar-refractivity contribution in [2.45, 2.75) is 4.21 Å². The summed E-state index contributed by atoms with van der Waals surface area (Å²) < 4.78 is 27.0. The number of hydrogen-bond donors (Lipinski definition) is 1. The van der Waals surface area contributed by atoms with Crippen molar-refractivity contribution in [1.82, 2.24) is 14.5 Å². The first-order chi connectivity index (χ1) is 11.6. The van der Waals surface area contributed by atoms with Gasteiger partial charge < -0.3 is 4.90 Å². The second-order valence-electron chi connectivity index (χ2n) is 5.44. The van der Waals surface area contributed by atoms with Crippen LogP contribution in [-0.2, 0) is 10.0 Å². The minimum absolute atomic E-state index is 0.0862. The lowest BCUT2D eigenvalue weighted by Gasteiger charge is -2.34. The fraction of sp³-hybridized carbons (Fsp3) is 0.400. The Morgan fingerprint density at radius 2 is 1.79 bits per heavy atom. The number of piperazine rings is 1. The first kappa shape index (κ1) is 17.6. The van der Waals surface area contributed by atoms with Crippen molar-refractivity contribution in [2.24, 2.45) is 0 Å². The van der Waals surface area contributed by atoms with E-state index in [1.807, 2.05) is 22.4 Å². The van der Waals surface area contributed by atoms with Crippen molar-refractivity contribution < 1.29 is 13.2 Å². The van der Waals surface area contributed by atoms with Crippen molar-refractivity contribution in [1.29, 1.82) is 0 Å². The van der Waals surface area contributed by atoms with Gasteiger partial charge in [0.1, 0.15) is 4.21 Å². The maximum absolute atomic E-state index is 12.3. The monoisotopic (exact) mass is 385 g/mol. The fourth-order valence-electron chi connectivity index (χ4n) is 2.56. The van der Waals surface area contributed by atoms with Gasteiger partial charge in [-0.05, 0) is 22.9 Å². The Morgan fingerprint density at radius 1 is 1.08 bits per heavy atom. The Hall–Kier alpha value is -1.26. The Bertz CT molecular complexity index is 749. The quantitative estimate of drug-likeness (QED) is 0.819. The van der Waals surface area contributed by atoms with Crippen LogP contribution in [0.5, 0.6) is 0 Å². The van der Waals surface area contributed by atoms with Gasteiger partial charge in [0.15, 0.2) is 0 Å². The van der Waals surface area contributed by atoms with Gasteiger partial charge in [-0.1, -0.05) is 12.1 Å². The zero-order chi connectivity index (χ0) is 17.0. The van der Waals surface area contributed by atoms with E-state index in [1.54, 1.807) is 17.5 Å². The Morgan fingerprint density at radius 3 is 2.42 bits per heavy atom. The van der Waals surface area contributed by atoms with Gasteiger partial charge in [-0.3, -0.25) is 9.69 Å². The zero-order valence-corrected chi connectivity index (χ0v) is 15.5. The van der Waals surface area contributed by atoms with Crippen molar-refractivity contribution in [3.05, 3.63) is 39.9 Å². The molecule has 0 bridgehead atoms. The molecule has 1 saturated heterocycles. The third-order valence-electron chi connectivity index (χ3n) is 3.87. The van der Waals surface area contributed by atoms with E-state index < -0.39 is 10.0 Å². The largest absolute Gasteiger partial charge is 0.335 e. The molecule has 1 aliphatic heterocycles. The molecule has 6 nitrogen and oxygen atoms in total. The van der Waals surface area contributed by atoms with Crippen LogP contribution in [0.1, 0.15) is 9.67 Å². The van der Waals surface area contributed by atoms with Gasteiger partial charge in [-0.2, -0.15) is 0 Å². The number of rotatable bonds is 6. The number of sulfonamides is 1. The Kier molecular flexibility index (Phi) is 5.67. The third kappa shape index (κ3) is 4.22. The molecule has 3 rings (SSSR count). The van der Waals surface area contributed by atoms with Crippen molar-refractivity contribution in [3.8, 4) is 0 Å². The maximum Gasteiger partial charge on any atom is 0.264 e. The standard InChI is InChI=1S/C15H19N3O3S3/c19-15(13-3-1-11-22-13)18-9-7-17(8-10-18)6-5-16-24(20,21)14-4-2-12-23-14/h1-4,11-12,16H,5-10H2. The molecule has 2 aromatic heterocycles. The lowest BCUT2D eigenvalue weighted by Crippen LogP contribution is -2.50. The van der Waals surface area contributed by atoms with Gasteiger partial charge in [0.05, 0.1) is 4.88 Å². The topological polar surface area (TPSA) is 69.7 Å². The molecule has 0 aromatic carbocycles. The number of nitrogens with zero attached hydrogens (tertiary/aromatic N) is 2. The van der Waals surface area contributed by atoms with Crippen molar-refractivity contribution in [2.75, 3.05) is 39.3 Å². The normalized spacial score (nSPS) is 16.4. The van der Waals surface area contributed by atoms with E-state index in [4.69, 9.17) is 0 Å². The molecule has 0 unspecified atom stereocenters. The minimum atomic E-state index is -3.39. The predicted molar refractivity (Wildman–Crippen MR) is 96.2 cm³/mol. The molecule has 0 atom stereocenters. The summed E-state index contributed by atoms with van der Waals surface area (Å²) in [4.78, 5) is 17.1. The van der Waals surface area contributed by atoms with Gasteiger partial charge >= 0.3 is 0 Å². The minimum Gasteiger partial charge on any atom is -0.335 e. The van der Waals surface area contributed by atoms with Gasteiger partial charge in [0.2, 0.25) is 10.0 Å². The van der Waals surface area contributed by atoms with Crippen LogP contribution < -0.4 is 4.72 Å². The second kappa shape index (κ2) is 7.75. The second-order valence-corrected chi connectivity index (χ2v) is 9.33. The predicted octanol–water partition coefficient (Wildman–Crippen LogP) is 1.55. The molecule has 1 amide bonds. The number of carbonyl (C=O) groups excluding carboxylic acids is 1. The molecule has 0 saturated carbocycles. The summed E-state index contributed by atoms with van der Waals surface area (Å²) >= 11 is 2.67. The van der Waals surface area contributed by atoms with E-state index in [1.165, 1.54) is 22.7 Å². The van der Waals surface area contributed by atoms with E-state index in [2.05, 4.69) is 9.62 Å². The highest BCUT2D eigenvalue weighted by Gasteiger charge is 2.23. The molecule has 2 aromatic rings. The molecule has 24 heavy (non-hydrogen) atoms. The highest BCUT2D eigenvalue weighted by molar-refractivity contribution is 7.91. The van der Waals surface area contributed by atoms with Crippen LogP contribution in [0.2, 0.25) is 0 Å². The van der Waals surface area contributed by atoms with Crippen LogP contribution in [-0.4, -0.2) is 63.4 Å². The van der Waals surface area contributed by atoms with Crippen LogP contribution >= 0.6 is 22.7 Å². The van der Waals surface area contributed by atoms with E-state index in [0.717, 1.165) is 18.0 Å². The van der Waals surface area contributed by atoms with Gasteiger partial charge in [0, 0.05) is 39.3 Å². The molecule has 0 spiro atoms. The van der Waals surface area contributed by atoms with Gasteiger partial charge in [0.25, 0.3) is 5.91 Å². The maximum atomic E-state index is 12.3. The Balaban J connectivity index is 1.42. The summed E-state index contributed by atoms with van der Waals surface area (Å²) in [5, 5.41) is 3.65. The first-order valence-electron chi connectivity index (χ1n) is 7.64. The highest BCUT2D eigenvalue weighted by Crippen LogP contribution is 2.15. The number of thiophene rings is 2. The van der Waals surface area contributed by atoms with Crippen LogP contribution in [0.15, 0.2) is 39.2 Å². The smallest absolute Gasteiger partial charge is 0.264 e. The molecular formula is C15H19N3O3S3. The molecule has 1 N–H and O–H groups in total. The SMILES string of the molecule is O=C(c1cccs1)N1CCN(CCNS(=O)(=O)c2cccs2)CC1. The van der Waals surface area contributed by atoms with Gasteiger partial charge in [-0.15, -0.1) is 22.7 Å². The highest BCUT2D eigenvalue weighted by atomic mass is 32.2. The molecule has 0 radical (unpaired) electrons. The van der Waals surface area contributed by atoms with Crippen LogP contribution in [0.4, 0.5) is 0 Å². The van der Waals surface area contributed by atoms with E-state index in [-0.39, 0.29) is 5.91 Å². The van der Waals surface area contributed by atoms with E-state index >= 15 is 0 Å². The average Bonchev–Trinajstić information content (AvgIpc) is 3.28. The van der Waals surface area contributed by atoms with E-state index in [9.17, 15) is 13.2 Å². The van der Waals surface area contributed by atoms with Crippen LogP contribution in [0.25, 0.3) is 0 Å². The Labute approximate surface area is 149 Å². The third-order valence-corrected chi connectivity index (χ3v) is 7.59. The number of hydrogen-bond acceptors (Lipinski definition) is 6. The molecular weight excluding hydrogens is 366 g/mol. The summed E-state index contributed by atoms with van der Waals surface area (Å²) in [6, 6.07) is 7.05. The summed E-state index contributed by atoms with van der Waals surface area (Å²) in [5.41, 5.74) is 0. The van der Waals surface area contributed by atoms with Crippen molar-refractivity contribution >= 4 is 38.6 Å². The van der Waals surface area contributed by atoms with Gasteiger partial charge in [-0.25, -0.2) is 13.1 Å². The summed E-state index contributed by atoms with van der Waals surface area (Å²) in [5.74, 6) is 0.0862. The zero-order valence-electron chi connectivity index (χ0n) is 13.1. The lowest BCUT2D eigenvalue weighted by atomic mass is 10.3. The summed E-state index contributed by atoms with van der Waals surface area (Å²) in [7, 11) is -3.39. The number of nitrogens with one attached hydrogen (secondary N) is 1. The van der Waals surface area contributed by atoms with Crippen LogP contribution in [0.3, 0.4) is 0 Å². The fourth-order valence-corrected chi connectivity index (χ4v) is 5.31. The molecule has 130 valence electrons. The van der Waals surface area contributed by atoms with Crippen molar-refractivity contribution in [3.63, 3.8) is 0 Å². The molecule has 1 aliphatic rings. The molecule has 0 aliphatic carbocycles. The van der Waals surface area contributed by atoms with E-state index in [0.29, 0.717) is 30.4 Å². The molecule has 1 fully saturated rings.